The molecule has 4 rings (SSSR count). The smallest absolute Gasteiger partial charge is 0.233 e. The normalized spacial score (nSPS) is 14.4. The maximum atomic E-state index is 14.1. The molecule has 0 unspecified atom stereocenters. The van der Waals surface area contributed by atoms with Crippen LogP contribution < -0.4 is 4.90 Å². The number of nitrogens with zero attached hydrogens (tertiary/aromatic N) is 3. The van der Waals surface area contributed by atoms with Crippen molar-refractivity contribution >= 4 is 45.0 Å². The van der Waals surface area contributed by atoms with Crippen LogP contribution in [0.5, 0.6) is 0 Å². The topological polar surface area (TPSA) is 45.7 Å². The molecule has 5 nitrogen and oxygen atoms in total. The van der Waals surface area contributed by atoms with Gasteiger partial charge in [-0.05, 0) is 18.1 Å². The van der Waals surface area contributed by atoms with E-state index < -0.39 is 11.6 Å². The van der Waals surface area contributed by atoms with Gasteiger partial charge in [-0.3, -0.25) is 14.6 Å². The maximum Gasteiger partial charge on any atom is 0.233 e. The Morgan fingerprint density at radius 2 is 1.90 bits per heavy atom. The van der Waals surface area contributed by atoms with E-state index in [1.54, 1.807) is 4.90 Å². The van der Waals surface area contributed by atoms with Crippen molar-refractivity contribution in [2.45, 2.75) is 12.8 Å². The summed E-state index contributed by atoms with van der Waals surface area (Å²) in [6.45, 7) is 4.51. The molecule has 1 aliphatic rings. The molecule has 0 atom stereocenters. The lowest BCUT2D eigenvalue weighted by Gasteiger charge is -2.27. The lowest BCUT2D eigenvalue weighted by Crippen LogP contribution is -2.39. The molecule has 0 N–H and O–H groups in total. The first kappa shape index (κ1) is 23.5. The summed E-state index contributed by atoms with van der Waals surface area (Å²) in [7, 11) is 0. The van der Waals surface area contributed by atoms with Crippen LogP contribution in [0.25, 0.3) is 10.2 Å². The molecule has 1 aromatic heterocycles. The second-order valence-corrected chi connectivity index (χ2v) is 8.26. The average molecular weight is 468 g/mol. The second-order valence-electron chi connectivity index (χ2n) is 7.25. The van der Waals surface area contributed by atoms with E-state index in [0.717, 1.165) is 62.2 Å². The highest BCUT2D eigenvalue weighted by Gasteiger charge is 2.22. The fourth-order valence-corrected chi connectivity index (χ4v) is 4.58. The number of anilines is 1. The molecule has 1 fully saturated rings. The lowest BCUT2D eigenvalue weighted by atomic mass is 10.1. The summed E-state index contributed by atoms with van der Waals surface area (Å²) >= 11 is 1.14. The molecule has 3 aromatic rings. The first-order valence-electron chi connectivity index (χ1n) is 10.00. The van der Waals surface area contributed by atoms with Crippen LogP contribution in [-0.4, -0.2) is 55.2 Å². The number of hydrogen-bond acceptors (Lipinski definition) is 5. The Kier molecular flexibility index (Phi) is 8.31. The van der Waals surface area contributed by atoms with Gasteiger partial charge in [-0.1, -0.05) is 41.7 Å². The summed E-state index contributed by atoms with van der Waals surface area (Å²) in [6.07, 6.45) is 0.985. The summed E-state index contributed by atoms with van der Waals surface area (Å²) in [4.78, 5) is 21.4. The zero-order valence-electron chi connectivity index (χ0n) is 16.9. The monoisotopic (exact) mass is 467 g/mol. The highest BCUT2D eigenvalue weighted by atomic mass is 35.5. The van der Waals surface area contributed by atoms with Gasteiger partial charge in [0.1, 0.15) is 11.3 Å². The number of rotatable bonds is 7. The molecule has 1 saturated heterocycles. The predicted molar refractivity (Wildman–Crippen MR) is 121 cm³/mol. The summed E-state index contributed by atoms with van der Waals surface area (Å²) in [5, 5.41) is 0.400. The minimum absolute atomic E-state index is 0. The minimum atomic E-state index is -0.712. The third-order valence-corrected chi connectivity index (χ3v) is 6.12. The Morgan fingerprint density at radius 1 is 1.16 bits per heavy atom. The number of aromatic nitrogens is 1. The van der Waals surface area contributed by atoms with Gasteiger partial charge in [0.15, 0.2) is 10.9 Å². The van der Waals surface area contributed by atoms with Crippen molar-refractivity contribution in [3.8, 4) is 0 Å². The summed E-state index contributed by atoms with van der Waals surface area (Å²) in [6, 6.07) is 11.6. The van der Waals surface area contributed by atoms with Crippen molar-refractivity contribution in [1.82, 2.24) is 9.88 Å². The summed E-state index contributed by atoms with van der Waals surface area (Å²) in [5.74, 6) is -1.47. The number of fused-ring (bicyclic) bond motifs is 1. The molecule has 2 aromatic carbocycles. The SMILES string of the molecule is Cl.O=C(Cc1ccccc1)N(CCCN1CCOCC1)c1nc2c(F)cc(F)cc2s1. The largest absolute Gasteiger partial charge is 0.379 e. The Morgan fingerprint density at radius 3 is 2.65 bits per heavy atom. The molecule has 1 amide bonds. The van der Waals surface area contributed by atoms with Crippen molar-refractivity contribution < 1.29 is 18.3 Å². The first-order chi connectivity index (χ1) is 14.6. The number of ether oxygens (including phenoxy) is 1. The van der Waals surface area contributed by atoms with Gasteiger partial charge in [0, 0.05) is 32.2 Å². The predicted octanol–water partition coefficient (Wildman–Crippen LogP) is 4.29. The van der Waals surface area contributed by atoms with Gasteiger partial charge >= 0.3 is 0 Å². The van der Waals surface area contributed by atoms with Gasteiger partial charge < -0.3 is 4.74 Å². The van der Waals surface area contributed by atoms with Crippen molar-refractivity contribution in [2.24, 2.45) is 0 Å². The van der Waals surface area contributed by atoms with E-state index >= 15 is 0 Å². The molecule has 166 valence electrons. The van der Waals surface area contributed by atoms with Crippen LogP contribution in [0, 0.1) is 11.6 Å². The van der Waals surface area contributed by atoms with Gasteiger partial charge in [-0.25, -0.2) is 13.8 Å². The van der Waals surface area contributed by atoms with E-state index in [1.807, 2.05) is 30.3 Å². The van der Waals surface area contributed by atoms with Crippen LogP contribution in [0.4, 0.5) is 13.9 Å². The molecule has 0 radical (unpaired) electrons. The van der Waals surface area contributed by atoms with E-state index in [1.165, 1.54) is 6.07 Å². The third kappa shape index (κ3) is 5.98. The van der Waals surface area contributed by atoms with Crippen molar-refractivity contribution in [1.29, 1.82) is 0 Å². The number of thiazole rings is 1. The van der Waals surface area contributed by atoms with Crippen LogP contribution in [0.3, 0.4) is 0 Å². The minimum Gasteiger partial charge on any atom is -0.379 e. The van der Waals surface area contributed by atoms with E-state index in [4.69, 9.17) is 4.74 Å². The zero-order chi connectivity index (χ0) is 20.9. The molecule has 31 heavy (non-hydrogen) atoms. The highest BCUT2D eigenvalue weighted by molar-refractivity contribution is 7.22. The molecular formula is C22H24ClF2N3O2S. The Hall–Kier alpha value is -2.13. The van der Waals surface area contributed by atoms with Crippen molar-refractivity contribution in [3.63, 3.8) is 0 Å². The first-order valence-corrected chi connectivity index (χ1v) is 10.8. The fraction of sp³-hybridized carbons (Fsp3) is 0.364. The van der Waals surface area contributed by atoms with Gasteiger partial charge in [-0.2, -0.15) is 0 Å². The van der Waals surface area contributed by atoms with E-state index in [2.05, 4.69) is 9.88 Å². The van der Waals surface area contributed by atoms with Crippen LogP contribution >= 0.6 is 23.7 Å². The van der Waals surface area contributed by atoms with E-state index in [-0.39, 0.29) is 30.3 Å². The quantitative estimate of drug-likeness (QED) is 0.520. The number of benzene rings is 2. The number of amides is 1. The second kappa shape index (κ2) is 10.9. The summed E-state index contributed by atoms with van der Waals surface area (Å²) < 4.78 is 33.5. The number of hydrogen-bond donors (Lipinski definition) is 0. The maximum absolute atomic E-state index is 14.1. The molecule has 2 heterocycles. The van der Waals surface area contributed by atoms with E-state index in [9.17, 15) is 13.6 Å². The van der Waals surface area contributed by atoms with Gasteiger partial charge in [0.2, 0.25) is 5.91 Å². The number of morpholine rings is 1. The Balaban J connectivity index is 0.00000272. The zero-order valence-corrected chi connectivity index (χ0v) is 18.6. The Bertz CT molecular complexity index is 1010. The third-order valence-electron chi connectivity index (χ3n) is 5.09. The van der Waals surface area contributed by atoms with Crippen LogP contribution in [0.2, 0.25) is 0 Å². The molecule has 9 heteroatoms. The average Bonchev–Trinajstić information content (AvgIpc) is 3.16. The highest BCUT2D eigenvalue weighted by Crippen LogP contribution is 2.31. The van der Waals surface area contributed by atoms with Crippen molar-refractivity contribution in [3.05, 3.63) is 59.7 Å². The van der Waals surface area contributed by atoms with Crippen LogP contribution in [0.1, 0.15) is 12.0 Å². The van der Waals surface area contributed by atoms with E-state index in [0.29, 0.717) is 16.4 Å². The fourth-order valence-electron chi connectivity index (χ4n) is 3.53. The lowest BCUT2D eigenvalue weighted by molar-refractivity contribution is -0.118. The molecule has 1 aliphatic heterocycles. The van der Waals surface area contributed by atoms with Crippen LogP contribution in [0.15, 0.2) is 42.5 Å². The molecule has 0 saturated carbocycles. The number of halogens is 3. The van der Waals surface area contributed by atoms with Crippen LogP contribution in [-0.2, 0) is 16.0 Å². The number of carbonyl (C=O) groups excluding carboxylic acids is 1. The number of carbonyl (C=O) groups is 1. The summed E-state index contributed by atoms with van der Waals surface area (Å²) in [5.41, 5.74) is 1.00. The standard InChI is InChI=1S/C22H23F2N3O2S.ClH/c23-17-14-18(24)21-19(15-17)30-22(25-21)27(8-4-7-26-9-11-29-12-10-26)20(28)13-16-5-2-1-3-6-16;/h1-3,5-6,14-15H,4,7-13H2;1H. The molecule has 0 spiro atoms. The van der Waals surface area contributed by atoms with Gasteiger partial charge in [-0.15, -0.1) is 12.4 Å². The van der Waals surface area contributed by atoms with Gasteiger partial charge in [0.25, 0.3) is 0 Å². The molecular weight excluding hydrogens is 444 g/mol. The molecule has 0 aliphatic carbocycles. The van der Waals surface area contributed by atoms with Gasteiger partial charge in [0.05, 0.1) is 24.3 Å². The molecule has 0 bridgehead atoms. The van der Waals surface area contributed by atoms with Crippen molar-refractivity contribution in [2.75, 3.05) is 44.3 Å². The Labute approximate surface area is 190 Å².